The van der Waals surface area contributed by atoms with Crippen molar-refractivity contribution in [2.24, 2.45) is 7.05 Å². The highest BCUT2D eigenvalue weighted by Gasteiger charge is 2.06. The van der Waals surface area contributed by atoms with Crippen molar-refractivity contribution in [1.82, 2.24) is 14.7 Å². The van der Waals surface area contributed by atoms with E-state index < -0.39 is 0 Å². The zero-order valence-corrected chi connectivity index (χ0v) is 13.0. The Kier molecular flexibility index (Phi) is 5.63. The molecule has 0 spiro atoms. The fourth-order valence-electron chi connectivity index (χ4n) is 2.14. The summed E-state index contributed by atoms with van der Waals surface area (Å²) in [5.74, 6) is 1.65. The van der Waals surface area contributed by atoms with E-state index in [2.05, 4.69) is 16.9 Å². The second kappa shape index (κ2) is 7.69. The highest BCUT2D eigenvalue weighted by molar-refractivity contribution is 5.32. The molecule has 0 amide bonds. The summed E-state index contributed by atoms with van der Waals surface area (Å²) in [5, 5.41) is 4.20. The summed E-state index contributed by atoms with van der Waals surface area (Å²) >= 11 is 0. The second-order valence-corrected chi connectivity index (χ2v) is 4.92. The molecule has 0 unspecified atom stereocenters. The van der Waals surface area contributed by atoms with Gasteiger partial charge >= 0.3 is 0 Å². The molecule has 114 valence electrons. The molecule has 1 aromatic heterocycles. The molecule has 0 saturated carbocycles. The first-order valence-electron chi connectivity index (χ1n) is 7.18. The number of benzene rings is 1. The molecule has 21 heavy (non-hydrogen) atoms. The summed E-state index contributed by atoms with van der Waals surface area (Å²) in [6.45, 7) is 5.56. The molecule has 0 bridgehead atoms. The molecule has 1 heterocycles. The Morgan fingerprint density at radius 2 is 2.10 bits per heavy atom. The lowest BCUT2D eigenvalue weighted by Crippen LogP contribution is -2.27. The third kappa shape index (κ3) is 4.79. The van der Waals surface area contributed by atoms with Crippen molar-refractivity contribution in [3.8, 4) is 11.5 Å². The van der Waals surface area contributed by atoms with Crippen LogP contribution in [0.2, 0.25) is 0 Å². The van der Waals surface area contributed by atoms with Crippen molar-refractivity contribution < 1.29 is 9.47 Å². The van der Waals surface area contributed by atoms with Crippen LogP contribution in [0.15, 0.2) is 36.7 Å². The van der Waals surface area contributed by atoms with Crippen LogP contribution < -0.4 is 9.47 Å². The lowest BCUT2D eigenvalue weighted by molar-refractivity contribution is 0.209. The van der Waals surface area contributed by atoms with Gasteiger partial charge in [-0.2, -0.15) is 5.10 Å². The first-order chi connectivity index (χ1) is 10.2. The van der Waals surface area contributed by atoms with Crippen LogP contribution in [0.25, 0.3) is 0 Å². The normalized spacial score (nSPS) is 10.9. The van der Waals surface area contributed by atoms with Gasteiger partial charge in [0.25, 0.3) is 0 Å². The molecule has 5 nitrogen and oxygen atoms in total. The number of hydrogen-bond acceptors (Lipinski definition) is 4. The molecule has 0 atom stereocenters. The molecule has 1 aromatic carbocycles. The molecule has 0 N–H and O–H groups in total. The SMILES string of the molecule is CCN(CCOc1cccc(OC)c1)Cc1cnn(C)c1. The molecular formula is C16H23N3O2. The van der Waals surface area contributed by atoms with Crippen molar-refractivity contribution in [2.45, 2.75) is 13.5 Å². The van der Waals surface area contributed by atoms with Crippen LogP contribution >= 0.6 is 0 Å². The number of likely N-dealkylation sites (N-methyl/N-ethyl adjacent to an activating group) is 1. The van der Waals surface area contributed by atoms with Crippen LogP contribution in [0, 0.1) is 0 Å². The second-order valence-electron chi connectivity index (χ2n) is 4.92. The lowest BCUT2D eigenvalue weighted by Gasteiger charge is -2.19. The van der Waals surface area contributed by atoms with Gasteiger partial charge in [-0.3, -0.25) is 9.58 Å². The van der Waals surface area contributed by atoms with Crippen LogP contribution in [0.4, 0.5) is 0 Å². The van der Waals surface area contributed by atoms with Crippen molar-refractivity contribution >= 4 is 0 Å². The predicted octanol–water partition coefficient (Wildman–Crippen LogP) is 2.33. The maximum atomic E-state index is 5.78. The van der Waals surface area contributed by atoms with E-state index >= 15 is 0 Å². The summed E-state index contributed by atoms with van der Waals surface area (Å²) in [4.78, 5) is 2.33. The topological polar surface area (TPSA) is 39.5 Å². The molecule has 0 aliphatic carbocycles. The fourth-order valence-corrected chi connectivity index (χ4v) is 2.14. The Balaban J connectivity index is 1.80. The van der Waals surface area contributed by atoms with Gasteiger partial charge in [-0.25, -0.2) is 0 Å². The molecule has 0 aliphatic rings. The summed E-state index contributed by atoms with van der Waals surface area (Å²) in [6.07, 6.45) is 3.96. The van der Waals surface area contributed by atoms with Crippen LogP contribution in [-0.4, -0.2) is 41.5 Å². The van der Waals surface area contributed by atoms with E-state index in [-0.39, 0.29) is 0 Å². The third-order valence-electron chi connectivity index (χ3n) is 3.33. The van der Waals surface area contributed by atoms with Crippen molar-refractivity contribution in [3.05, 3.63) is 42.2 Å². The number of nitrogens with zero attached hydrogens (tertiary/aromatic N) is 3. The van der Waals surface area contributed by atoms with E-state index in [1.54, 1.807) is 7.11 Å². The van der Waals surface area contributed by atoms with Gasteiger partial charge in [0, 0.05) is 38.0 Å². The molecule has 0 fully saturated rings. The summed E-state index contributed by atoms with van der Waals surface area (Å²) in [5.41, 5.74) is 1.22. The Bertz CT molecular complexity index is 554. The average molecular weight is 289 g/mol. The zero-order chi connectivity index (χ0) is 15.1. The van der Waals surface area contributed by atoms with Crippen LogP contribution in [0.1, 0.15) is 12.5 Å². The Labute approximate surface area is 126 Å². The maximum Gasteiger partial charge on any atom is 0.123 e. The number of ether oxygens (including phenoxy) is 2. The van der Waals surface area contributed by atoms with E-state index in [0.717, 1.165) is 31.1 Å². The molecule has 0 radical (unpaired) electrons. The number of aryl methyl sites for hydroxylation is 1. The van der Waals surface area contributed by atoms with E-state index in [1.165, 1.54) is 5.56 Å². The van der Waals surface area contributed by atoms with E-state index in [0.29, 0.717) is 6.61 Å². The molecule has 2 aromatic rings. The first kappa shape index (κ1) is 15.4. The minimum Gasteiger partial charge on any atom is -0.497 e. The minimum absolute atomic E-state index is 0.654. The molecule has 0 saturated heterocycles. The van der Waals surface area contributed by atoms with E-state index in [1.807, 2.05) is 48.4 Å². The van der Waals surface area contributed by atoms with Gasteiger partial charge in [0.2, 0.25) is 0 Å². The van der Waals surface area contributed by atoms with E-state index in [9.17, 15) is 0 Å². The smallest absolute Gasteiger partial charge is 0.123 e. The van der Waals surface area contributed by atoms with Crippen LogP contribution in [0.3, 0.4) is 0 Å². The van der Waals surface area contributed by atoms with Crippen molar-refractivity contribution in [3.63, 3.8) is 0 Å². The van der Waals surface area contributed by atoms with Gasteiger partial charge in [0.1, 0.15) is 18.1 Å². The summed E-state index contributed by atoms with van der Waals surface area (Å²) < 4.78 is 12.8. The maximum absolute atomic E-state index is 5.78. The highest BCUT2D eigenvalue weighted by atomic mass is 16.5. The zero-order valence-electron chi connectivity index (χ0n) is 13.0. The molecule has 5 heteroatoms. The molecular weight excluding hydrogens is 266 g/mol. The summed E-state index contributed by atoms with van der Waals surface area (Å²) in [6, 6.07) is 7.69. The van der Waals surface area contributed by atoms with Gasteiger partial charge in [-0.1, -0.05) is 13.0 Å². The van der Waals surface area contributed by atoms with E-state index in [4.69, 9.17) is 9.47 Å². The Morgan fingerprint density at radius 3 is 2.76 bits per heavy atom. The van der Waals surface area contributed by atoms with Crippen LogP contribution in [-0.2, 0) is 13.6 Å². The number of rotatable bonds is 8. The van der Waals surface area contributed by atoms with Gasteiger partial charge in [0.15, 0.2) is 0 Å². The van der Waals surface area contributed by atoms with Gasteiger partial charge < -0.3 is 9.47 Å². The van der Waals surface area contributed by atoms with Gasteiger partial charge in [0.05, 0.1) is 13.3 Å². The number of aromatic nitrogens is 2. The standard InChI is InChI=1S/C16H23N3O2/c1-4-19(13-14-11-17-18(2)12-14)8-9-21-16-7-5-6-15(10-16)20-3/h5-7,10-12H,4,8-9,13H2,1-3H3. The van der Waals surface area contributed by atoms with Crippen molar-refractivity contribution in [2.75, 3.05) is 26.8 Å². The van der Waals surface area contributed by atoms with Crippen molar-refractivity contribution in [1.29, 1.82) is 0 Å². The van der Waals surface area contributed by atoms with Gasteiger partial charge in [-0.05, 0) is 18.7 Å². The lowest BCUT2D eigenvalue weighted by atomic mass is 10.3. The first-order valence-corrected chi connectivity index (χ1v) is 7.18. The highest BCUT2D eigenvalue weighted by Crippen LogP contribution is 2.18. The number of hydrogen-bond donors (Lipinski definition) is 0. The molecule has 2 rings (SSSR count). The Morgan fingerprint density at radius 1 is 1.29 bits per heavy atom. The largest absolute Gasteiger partial charge is 0.497 e. The predicted molar refractivity (Wildman–Crippen MR) is 82.6 cm³/mol. The average Bonchev–Trinajstić information content (AvgIpc) is 2.91. The minimum atomic E-state index is 0.654. The third-order valence-corrected chi connectivity index (χ3v) is 3.33. The van der Waals surface area contributed by atoms with Crippen LogP contribution in [0.5, 0.6) is 11.5 Å². The Hall–Kier alpha value is -2.01. The monoisotopic (exact) mass is 289 g/mol. The van der Waals surface area contributed by atoms with Gasteiger partial charge in [-0.15, -0.1) is 0 Å². The molecule has 0 aliphatic heterocycles. The summed E-state index contributed by atoms with van der Waals surface area (Å²) in [7, 11) is 3.59. The number of methoxy groups -OCH3 is 1. The fraction of sp³-hybridized carbons (Fsp3) is 0.438. The quantitative estimate of drug-likeness (QED) is 0.748.